The van der Waals surface area contributed by atoms with Crippen molar-refractivity contribution < 1.29 is 14.3 Å². The highest BCUT2D eigenvalue weighted by molar-refractivity contribution is 5.94. The number of nitrogens with zero attached hydrogens (tertiary/aromatic N) is 1. The van der Waals surface area contributed by atoms with Crippen LogP contribution in [-0.2, 0) is 4.79 Å². The van der Waals surface area contributed by atoms with Crippen LogP contribution in [0.5, 0.6) is 5.75 Å². The van der Waals surface area contributed by atoms with Crippen LogP contribution in [0.4, 0.5) is 5.69 Å². The van der Waals surface area contributed by atoms with Gasteiger partial charge in [0.15, 0.2) is 6.61 Å². The number of carbonyl (C=O) groups excluding carboxylic acids is 2. The third-order valence-corrected chi connectivity index (χ3v) is 3.82. The molecule has 0 aliphatic heterocycles. The molecule has 2 aromatic rings. The van der Waals surface area contributed by atoms with Gasteiger partial charge in [-0.2, -0.15) is 0 Å². The van der Waals surface area contributed by atoms with E-state index in [2.05, 4.69) is 5.32 Å². The molecule has 0 unspecified atom stereocenters. The Balaban J connectivity index is 1.89. The van der Waals surface area contributed by atoms with E-state index in [1.54, 1.807) is 29.2 Å². The lowest BCUT2D eigenvalue weighted by molar-refractivity contribution is -0.118. The molecule has 2 aromatic carbocycles. The summed E-state index contributed by atoms with van der Waals surface area (Å²) in [6.07, 6.45) is 0. The maximum Gasteiger partial charge on any atom is 0.262 e. The minimum atomic E-state index is -0.228. The molecule has 0 saturated heterocycles. The first-order valence-corrected chi connectivity index (χ1v) is 8.42. The number of anilines is 1. The van der Waals surface area contributed by atoms with Gasteiger partial charge in [0.25, 0.3) is 11.8 Å². The van der Waals surface area contributed by atoms with Crippen LogP contribution in [0.25, 0.3) is 0 Å². The van der Waals surface area contributed by atoms with Crippen LogP contribution in [-0.4, -0.2) is 36.4 Å². The van der Waals surface area contributed by atoms with Crippen LogP contribution in [0.3, 0.4) is 0 Å². The monoisotopic (exact) mass is 340 g/mol. The third-order valence-electron chi connectivity index (χ3n) is 3.82. The van der Waals surface area contributed by atoms with Crippen LogP contribution in [0.1, 0.15) is 29.8 Å². The average molecular weight is 340 g/mol. The van der Waals surface area contributed by atoms with Gasteiger partial charge in [-0.15, -0.1) is 0 Å². The number of carbonyl (C=O) groups is 2. The van der Waals surface area contributed by atoms with E-state index < -0.39 is 0 Å². The molecule has 2 rings (SSSR count). The minimum absolute atomic E-state index is 0.00580. The molecule has 0 spiro atoms. The number of benzene rings is 2. The lowest BCUT2D eigenvalue weighted by Gasteiger charge is -2.18. The van der Waals surface area contributed by atoms with E-state index in [4.69, 9.17) is 4.74 Å². The lowest BCUT2D eigenvalue weighted by Crippen LogP contribution is -2.30. The Morgan fingerprint density at radius 2 is 1.72 bits per heavy atom. The molecule has 0 fully saturated rings. The molecular weight excluding hydrogens is 316 g/mol. The fraction of sp³-hybridized carbons (Fsp3) is 0.300. The van der Waals surface area contributed by atoms with E-state index in [-0.39, 0.29) is 18.4 Å². The van der Waals surface area contributed by atoms with E-state index in [0.29, 0.717) is 24.4 Å². The number of nitrogens with one attached hydrogen (secondary N) is 1. The van der Waals surface area contributed by atoms with Crippen LogP contribution >= 0.6 is 0 Å². The summed E-state index contributed by atoms with van der Waals surface area (Å²) in [6, 6.07) is 14.4. The summed E-state index contributed by atoms with van der Waals surface area (Å²) in [7, 11) is 0. The van der Waals surface area contributed by atoms with E-state index in [9.17, 15) is 9.59 Å². The predicted molar refractivity (Wildman–Crippen MR) is 99.0 cm³/mol. The Hall–Kier alpha value is -2.82. The number of aryl methyl sites for hydroxylation is 1. The third kappa shape index (κ3) is 5.35. The van der Waals surface area contributed by atoms with E-state index in [1.165, 1.54) is 0 Å². The maximum atomic E-state index is 12.2. The molecule has 0 aliphatic carbocycles. The van der Waals surface area contributed by atoms with Gasteiger partial charge in [0, 0.05) is 24.3 Å². The quantitative estimate of drug-likeness (QED) is 0.839. The highest BCUT2D eigenvalue weighted by Gasteiger charge is 2.12. The van der Waals surface area contributed by atoms with Crippen molar-refractivity contribution in [3.8, 4) is 5.75 Å². The van der Waals surface area contributed by atoms with Crippen molar-refractivity contribution >= 4 is 17.5 Å². The van der Waals surface area contributed by atoms with Gasteiger partial charge >= 0.3 is 0 Å². The van der Waals surface area contributed by atoms with Crippen LogP contribution in [0.15, 0.2) is 48.5 Å². The fourth-order valence-electron chi connectivity index (χ4n) is 2.46. The summed E-state index contributed by atoms with van der Waals surface area (Å²) >= 11 is 0. The SMILES string of the molecule is CCN(CC)C(=O)c1ccc(OCC(=O)Nc2cccc(C)c2)cc1. The maximum absolute atomic E-state index is 12.2. The average Bonchev–Trinajstić information content (AvgIpc) is 2.61. The molecular formula is C20H24N2O3. The summed E-state index contributed by atoms with van der Waals surface area (Å²) < 4.78 is 5.48. The largest absolute Gasteiger partial charge is 0.484 e. The van der Waals surface area contributed by atoms with Gasteiger partial charge in [-0.3, -0.25) is 9.59 Å². The van der Waals surface area contributed by atoms with Crippen LogP contribution in [0, 0.1) is 6.92 Å². The van der Waals surface area contributed by atoms with Gasteiger partial charge in [-0.25, -0.2) is 0 Å². The molecule has 0 radical (unpaired) electrons. The molecule has 5 nitrogen and oxygen atoms in total. The van der Waals surface area contributed by atoms with Gasteiger partial charge in [0.1, 0.15) is 5.75 Å². The zero-order valence-corrected chi connectivity index (χ0v) is 14.9. The molecule has 5 heteroatoms. The summed E-state index contributed by atoms with van der Waals surface area (Å²) in [5.74, 6) is 0.318. The highest BCUT2D eigenvalue weighted by atomic mass is 16.5. The Labute approximate surface area is 148 Å². The summed E-state index contributed by atoms with van der Waals surface area (Å²) in [5.41, 5.74) is 2.43. The Bertz CT molecular complexity index is 722. The molecule has 0 aliphatic rings. The second kappa shape index (κ2) is 8.87. The van der Waals surface area contributed by atoms with Crippen molar-refractivity contribution in [2.45, 2.75) is 20.8 Å². The van der Waals surface area contributed by atoms with Crippen LogP contribution in [0.2, 0.25) is 0 Å². The van der Waals surface area contributed by atoms with E-state index in [0.717, 1.165) is 11.3 Å². The molecule has 0 aromatic heterocycles. The van der Waals surface area contributed by atoms with E-state index >= 15 is 0 Å². The molecule has 0 atom stereocenters. The highest BCUT2D eigenvalue weighted by Crippen LogP contribution is 2.14. The van der Waals surface area contributed by atoms with Crippen molar-refractivity contribution in [1.29, 1.82) is 0 Å². The Morgan fingerprint density at radius 1 is 1.04 bits per heavy atom. The predicted octanol–water partition coefficient (Wildman–Crippen LogP) is 3.49. The number of ether oxygens (including phenoxy) is 1. The first kappa shape index (κ1) is 18.5. The van der Waals surface area contributed by atoms with Gasteiger partial charge < -0.3 is 15.0 Å². The molecule has 0 saturated carbocycles. The normalized spacial score (nSPS) is 10.2. The standard InChI is InChI=1S/C20H24N2O3/c1-4-22(5-2)20(24)16-9-11-18(12-10-16)25-14-19(23)21-17-8-6-7-15(3)13-17/h6-13H,4-5,14H2,1-3H3,(H,21,23). The Kier molecular flexibility index (Phi) is 6.57. The van der Waals surface area contributed by atoms with Crippen molar-refractivity contribution in [1.82, 2.24) is 4.90 Å². The number of hydrogen-bond donors (Lipinski definition) is 1. The molecule has 2 amide bonds. The molecule has 25 heavy (non-hydrogen) atoms. The second-order valence-corrected chi connectivity index (χ2v) is 5.71. The first-order chi connectivity index (χ1) is 12.0. The van der Waals surface area contributed by atoms with Crippen molar-refractivity contribution in [2.24, 2.45) is 0 Å². The van der Waals surface area contributed by atoms with Gasteiger partial charge in [-0.05, 0) is 62.7 Å². The molecule has 0 bridgehead atoms. The zero-order valence-electron chi connectivity index (χ0n) is 14.9. The lowest BCUT2D eigenvalue weighted by atomic mass is 10.2. The minimum Gasteiger partial charge on any atom is -0.484 e. The van der Waals surface area contributed by atoms with Gasteiger partial charge in [0.05, 0.1) is 0 Å². The van der Waals surface area contributed by atoms with Gasteiger partial charge in [-0.1, -0.05) is 12.1 Å². The number of hydrogen-bond acceptors (Lipinski definition) is 3. The van der Waals surface area contributed by atoms with Crippen molar-refractivity contribution in [3.63, 3.8) is 0 Å². The molecule has 0 heterocycles. The topological polar surface area (TPSA) is 58.6 Å². The number of amides is 2. The zero-order chi connectivity index (χ0) is 18.2. The fourth-order valence-corrected chi connectivity index (χ4v) is 2.46. The van der Waals surface area contributed by atoms with Crippen molar-refractivity contribution in [2.75, 3.05) is 25.0 Å². The smallest absolute Gasteiger partial charge is 0.262 e. The van der Waals surface area contributed by atoms with Crippen LogP contribution < -0.4 is 10.1 Å². The number of rotatable bonds is 7. The Morgan fingerprint density at radius 3 is 2.32 bits per heavy atom. The molecule has 132 valence electrons. The second-order valence-electron chi connectivity index (χ2n) is 5.71. The van der Waals surface area contributed by atoms with E-state index in [1.807, 2.05) is 45.0 Å². The van der Waals surface area contributed by atoms with Gasteiger partial charge in [0.2, 0.25) is 0 Å². The molecule has 1 N–H and O–H groups in total. The summed E-state index contributed by atoms with van der Waals surface area (Å²) in [6.45, 7) is 7.13. The first-order valence-electron chi connectivity index (χ1n) is 8.42. The summed E-state index contributed by atoms with van der Waals surface area (Å²) in [4.78, 5) is 25.9. The summed E-state index contributed by atoms with van der Waals surface area (Å²) in [5, 5.41) is 2.79. The van der Waals surface area contributed by atoms with Crippen molar-refractivity contribution in [3.05, 3.63) is 59.7 Å².